The van der Waals surface area contributed by atoms with Crippen molar-refractivity contribution in [3.63, 3.8) is 0 Å². The zero-order valence-electron chi connectivity index (χ0n) is 52.0. The van der Waals surface area contributed by atoms with Gasteiger partial charge in [0.2, 0.25) is 40.1 Å². The summed E-state index contributed by atoms with van der Waals surface area (Å²) in [5.41, 5.74) is 9.94. The van der Waals surface area contributed by atoms with E-state index in [-0.39, 0.29) is 32.7 Å². The molecule has 4 aliphatic rings. The number of sulfonamides is 4. The maximum Gasteiger partial charge on any atom is 0.243 e. The van der Waals surface area contributed by atoms with Gasteiger partial charge in [0.25, 0.3) is 0 Å². The number of aromatic nitrogens is 16. The van der Waals surface area contributed by atoms with Crippen LogP contribution in [0.3, 0.4) is 0 Å². The van der Waals surface area contributed by atoms with Crippen molar-refractivity contribution in [2.75, 3.05) is 13.1 Å². The Hall–Kier alpha value is -9.16. The van der Waals surface area contributed by atoms with Crippen LogP contribution in [0.1, 0.15) is 91.5 Å². The van der Waals surface area contributed by atoms with Crippen molar-refractivity contribution in [1.29, 1.82) is 0 Å². The molecule has 100 heavy (non-hydrogen) atoms. The van der Waals surface area contributed by atoms with Crippen LogP contribution < -0.4 is 0 Å². The molecule has 0 fully saturated rings. The maximum absolute atomic E-state index is 13.2. The lowest BCUT2D eigenvalue weighted by atomic mass is 9.97. The van der Waals surface area contributed by atoms with Gasteiger partial charge in [-0.1, -0.05) is 46.4 Å². The fraction of sp³-hybridized carbons (Fsp3) is 0.188. The Morgan fingerprint density at radius 3 is 0.880 bits per heavy atom. The second kappa shape index (κ2) is 29.6. The Morgan fingerprint density at radius 1 is 0.320 bits per heavy atom. The van der Waals surface area contributed by atoms with E-state index in [0.29, 0.717) is 70.0 Å². The average molecular weight is 1500 g/mol. The van der Waals surface area contributed by atoms with Gasteiger partial charge in [-0.25, -0.2) is 73.5 Å². The third-order valence-electron chi connectivity index (χ3n) is 17.0. The SMILES string of the molecule is O=S(=O)(c1ccc(Cl)cc1)N1CCc2[nH]ncc2[C@@H]1c1cncnc1.O=S(=O)(c1ccc(Cl)cc1)N1CCc2[nH]ncc2[C@H]1c1cncnc1.O=S(=O)(c1ccc(Cl)cc1)N1Cc2cn[nH]c2C[C@@H]1c1cncnc1.O=S(=O)(c1ccc(Cl)cc1)N1Cc2cn[nH]c2C[C@H]1c1cncnc1. The van der Waals surface area contributed by atoms with Gasteiger partial charge in [0.15, 0.2) is 0 Å². The largest absolute Gasteiger partial charge is 0.282 e. The predicted molar refractivity (Wildman–Crippen MR) is 366 cm³/mol. The number of rotatable bonds is 12. The van der Waals surface area contributed by atoms with E-state index in [0.717, 1.165) is 56.2 Å². The third kappa shape index (κ3) is 14.6. The highest BCUT2D eigenvalue weighted by Gasteiger charge is 2.43. The van der Waals surface area contributed by atoms with Crippen molar-refractivity contribution in [1.82, 2.24) is 97.9 Å². The summed E-state index contributed by atoms with van der Waals surface area (Å²) < 4.78 is 112. The Labute approximate surface area is 593 Å². The van der Waals surface area contributed by atoms with E-state index in [1.165, 1.54) is 91.1 Å². The molecule has 0 unspecified atom stereocenters. The summed E-state index contributed by atoms with van der Waals surface area (Å²) in [6, 6.07) is 22.8. The molecule has 4 atom stereocenters. The topological polar surface area (TPSA) is 367 Å². The number of fused-ring (bicyclic) bond motifs is 4. The smallest absolute Gasteiger partial charge is 0.243 e. The molecular weight excluding hydrogens is 1450 g/mol. The third-order valence-corrected chi connectivity index (χ3v) is 25.5. The molecule has 12 aromatic rings. The summed E-state index contributed by atoms with van der Waals surface area (Å²) in [6.45, 7) is 1.13. The van der Waals surface area contributed by atoms with Gasteiger partial charge in [0.1, 0.15) is 25.3 Å². The minimum atomic E-state index is -3.72. The second-order valence-electron chi connectivity index (χ2n) is 22.9. The van der Waals surface area contributed by atoms with Crippen LogP contribution >= 0.6 is 46.4 Å². The molecule has 0 radical (unpaired) electrons. The minimum absolute atomic E-state index is 0.200. The zero-order valence-corrected chi connectivity index (χ0v) is 58.3. The number of nitrogens with one attached hydrogen (secondary N) is 4. The second-order valence-corrected chi connectivity index (χ2v) is 32.2. The van der Waals surface area contributed by atoms with Gasteiger partial charge < -0.3 is 0 Å². The van der Waals surface area contributed by atoms with Crippen molar-refractivity contribution in [3.05, 3.63) is 284 Å². The van der Waals surface area contributed by atoms with Gasteiger partial charge in [-0.05, 0) is 97.1 Å². The number of halogens is 4. The first kappa shape index (κ1) is 69.3. The summed E-state index contributed by atoms with van der Waals surface area (Å²) >= 11 is 23.5. The Kier molecular flexibility index (Phi) is 20.5. The summed E-state index contributed by atoms with van der Waals surface area (Å²) in [5.74, 6) is 0. The summed E-state index contributed by atoms with van der Waals surface area (Å²) in [5, 5.41) is 30.0. The van der Waals surface area contributed by atoms with Crippen LogP contribution in [0, 0.1) is 0 Å². The predicted octanol–water partition coefficient (Wildman–Crippen LogP) is 9.06. The Balaban J connectivity index is 0.000000119. The average Bonchev–Trinajstić information content (AvgIpc) is 1.24. The van der Waals surface area contributed by atoms with E-state index < -0.39 is 64.3 Å². The fourth-order valence-corrected chi connectivity index (χ4v) is 19.0. The molecule has 4 aromatic carbocycles. The number of nitrogens with zero attached hydrogens (tertiary/aromatic N) is 16. The highest BCUT2D eigenvalue weighted by Crippen LogP contribution is 2.42. The molecule has 0 bridgehead atoms. The number of H-pyrrole nitrogens is 4. The van der Waals surface area contributed by atoms with Gasteiger partial charge in [0, 0.05) is 189 Å². The molecule has 8 aromatic heterocycles. The van der Waals surface area contributed by atoms with Crippen molar-refractivity contribution >= 4 is 86.5 Å². The van der Waals surface area contributed by atoms with E-state index in [1.807, 2.05) is 0 Å². The highest BCUT2D eigenvalue weighted by molar-refractivity contribution is 7.90. The quantitative estimate of drug-likeness (QED) is 0.0885. The first-order valence-corrected chi connectivity index (χ1v) is 37.7. The first-order valence-electron chi connectivity index (χ1n) is 30.4. The molecule has 0 aliphatic carbocycles. The van der Waals surface area contributed by atoms with Crippen LogP contribution in [0.5, 0.6) is 0 Å². The number of benzene rings is 4. The van der Waals surface area contributed by atoms with E-state index >= 15 is 0 Å². The van der Waals surface area contributed by atoms with E-state index in [2.05, 4.69) is 80.7 Å². The van der Waals surface area contributed by atoms with E-state index in [4.69, 9.17) is 46.4 Å². The summed E-state index contributed by atoms with van der Waals surface area (Å²) in [7, 11) is -14.9. The van der Waals surface area contributed by atoms with Gasteiger partial charge >= 0.3 is 0 Å². The molecule has 0 saturated carbocycles. The molecule has 0 spiro atoms. The monoisotopic (exact) mass is 1500 g/mol. The van der Waals surface area contributed by atoms with E-state index in [1.54, 1.807) is 123 Å². The van der Waals surface area contributed by atoms with Gasteiger partial charge in [-0.3, -0.25) is 20.4 Å². The van der Waals surface area contributed by atoms with Crippen molar-refractivity contribution in [2.45, 2.75) is 82.5 Å². The number of aromatic amines is 4. The van der Waals surface area contributed by atoms with Crippen molar-refractivity contribution < 1.29 is 33.7 Å². The molecule has 28 nitrogen and oxygen atoms in total. The Bertz CT molecular complexity index is 4800. The van der Waals surface area contributed by atoms with E-state index in [9.17, 15) is 33.7 Å². The normalized spacial score (nSPS) is 18.0. The molecule has 512 valence electrons. The summed E-state index contributed by atoms with van der Waals surface area (Å²) in [6.07, 6.45) is 27.5. The lowest BCUT2D eigenvalue weighted by molar-refractivity contribution is 0.293. The molecule has 4 N–H and O–H groups in total. The maximum atomic E-state index is 13.2. The summed E-state index contributed by atoms with van der Waals surface area (Å²) in [4.78, 5) is 33.1. The lowest BCUT2D eigenvalue weighted by Crippen LogP contribution is -2.40. The molecule has 0 saturated heterocycles. The van der Waals surface area contributed by atoms with Crippen LogP contribution in [0.25, 0.3) is 0 Å². The van der Waals surface area contributed by atoms with Crippen molar-refractivity contribution in [3.8, 4) is 0 Å². The highest BCUT2D eigenvalue weighted by atomic mass is 35.5. The molecule has 12 heterocycles. The molecule has 4 aliphatic heterocycles. The molecule has 0 amide bonds. The van der Waals surface area contributed by atoms with Crippen LogP contribution in [0.2, 0.25) is 20.1 Å². The standard InChI is InChI=1S/4C16H14ClN5O2S/c2*17-13-1-3-14(4-2-13)25(23,24)22-9-12-8-20-21-15(12)5-16(22)11-6-18-10-19-7-11;2*17-12-1-3-13(4-2-12)25(23,24)22-6-5-15-14(9-20-21-15)16(22)11-7-18-10-19-8-11/h2*1-4,6-8,10,16H,5,9H2,(H,20,21);2*1-4,7-10,16H,5-6H2,(H,20,21)/t4*16-/m1010/s1. The fourth-order valence-electron chi connectivity index (χ4n) is 12.1. The van der Waals surface area contributed by atoms with Gasteiger partial charge in [0.05, 0.1) is 68.5 Å². The molecule has 36 heteroatoms. The molecule has 16 rings (SSSR count). The molecular formula is C64H56Cl4N20O8S4. The number of hydrogen-bond donors (Lipinski definition) is 4. The van der Waals surface area contributed by atoms with Gasteiger partial charge in [-0.15, -0.1) is 0 Å². The van der Waals surface area contributed by atoms with Crippen molar-refractivity contribution in [2.24, 2.45) is 0 Å². The number of hydrogen-bond acceptors (Lipinski definition) is 20. The lowest BCUT2D eigenvalue weighted by Gasteiger charge is -2.34. The van der Waals surface area contributed by atoms with Crippen LogP contribution in [0.4, 0.5) is 0 Å². The Morgan fingerprint density at radius 2 is 0.580 bits per heavy atom. The van der Waals surface area contributed by atoms with Gasteiger partial charge in [-0.2, -0.15) is 37.6 Å². The first-order chi connectivity index (χ1) is 48.2. The minimum Gasteiger partial charge on any atom is -0.282 e. The van der Waals surface area contributed by atoms with Crippen LogP contribution in [-0.4, -0.2) is 145 Å². The van der Waals surface area contributed by atoms with Crippen LogP contribution in [0.15, 0.2) is 216 Å². The zero-order chi connectivity index (χ0) is 69.8. The van der Waals surface area contributed by atoms with Crippen LogP contribution in [-0.2, 0) is 78.9 Å².